The van der Waals surface area contributed by atoms with E-state index in [1.807, 2.05) is 0 Å². The summed E-state index contributed by atoms with van der Waals surface area (Å²) in [5, 5.41) is 0. The van der Waals surface area contributed by atoms with Gasteiger partial charge >= 0.3 is 0 Å². The number of allylic oxidation sites excluding steroid dienone is 1. The summed E-state index contributed by atoms with van der Waals surface area (Å²) in [6, 6.07) is 15.4. The number of nitrogens with zero attached hydrogens (tertiary/aromatic N) is 2. The van der Waals surface area contributed by atoms with Crippen LogP contribution in [0.5, 0.6) is 0 Å². The molecule has 0 aliphatic carbocycles. The summed E-state index contributed by atoms with van der Waals surface area (Å²) in [5.74, 6) is 0. The van der Waals surface area contributed by atoms with Crippen molar-refractivity contribution in [2.24, 2.45) is 0 Å². The Hall–Kier alpha value is -1.87. The monoisotopic (exact) mass is 411 g/mol. The molecule has 0 saturated carbocycles. The molecule has 0 unspecified atom stereocenters. The fourth-order valence-corrected chi connectivity index (χ4v) is 4.23. The Balaban J connectivity index is 1.88. The number of benzene rings is 2. The van der Waals surface area contributed by atoms with E-state index < -0.39 is 0 Å². The zero-order chi connectivity index (χ0) is 18.9. The van der Waals surface area contributed by atoms with Crippen molar-refractivity contribution in [1.82, 2.24) is 0 Å². The predicted octanol–water partition coefficient (Wildman–Crippen LogP) is 6.01. The molecule has 0 bridgehead atoms. The van der Waals surface area contributed by atoms with Crippen molar-refractivity contribution in [2.75, 3.05) is 25.0 Å². The van der Waals surface area contributed by atoms with Crippen LogP contribution < -0.4 is 4.90 Å². The van der Waals surface area contributed by atoms with Crippen molar-refractivity contribution >= 4 is 39.1 Å². The topological polar surface area (TPSA) is 6.25 Å². The van der Waals surface area contributed by atoms with E-state index in [0.717, 1.165) is 17.6 Å². The van der Waals surface area contributed by atoms with Gasteiger partial charge in [0.1, 0.15) is 7.05 Å². The number of fused-ring (bicyclic) bond motifs is 1. The second-order valence-corrected chi connectivity index (χ2v) is 8.24. The Labute approximate surface area is 166 Å². The largest absolute Gasteiger partial charge is 0.372 e. The van der Waals surface area contributed by atoms with E-state index in [9.17, 15) is 0 Å². The second-order valence-electron chi connectivity index (χ2n) is 7.33. The maximum atomic E-state index is 3.61. The van der Waals surface area contributed by atoms with Crippen molar-refractivity contribution in [3.63, 3.8) is 0 Å². The molecule has 0 spiro atoms. The van der Waals surface area contributed by atoms with E-state index in [2.05, 4.69) is 115 Å². The first-order valence-corrected chi connectivity index (χ1v) is 10.1. The van der Waals surface area contributed by atoms with Crippen LogP contribution >= 0.6 is 15.9 Å². The highest BCUT2D eigenvalue weighted by Gasteiger charge is 2.42. The quantitative estimate of drug-likeness (QED) is 0.545. The van der Waals surface area contributed by atoms with Gasteiger partial charge in [-0.05, 0) is 63.6 Å². The SMILES string of the molecule is CCN(CC)c1ccc(/C=C/C2=[N+](C)c3ccc(Br)cc3C2(C)C)cc1. The first-order chi connectivity index (χ1) is 12.4. The average molecular weight is 412 g/mol. The van der Waals surface area contributed by atoms with Crippen molar-refractivity contribution in [3.8, 4) is 0 Å². The van der Waals surface area contributed by atoms with E-state index in [1.54, 1.807) is 0 Å². The lowest BCUT2D eigenvalue weighted by Crippen LogP contribution is -2.26. The van der Waals surface area contributed by atoms with Crippen LogP contribution in [0.3, 0.4) is 0 Å². The number of rotatable bonds is 5. The molecule has 0 saturated heterocycles. The Bertz CT molecular complexity index is 856. The third-order valence-corrected chi connectivity index (χ3v) is 5.94. The van der Waals surface area contributed by atoms with Gasteiger partial charge < -0.3 is 4.90 Å². The van der Waals surface area contributed by atoms with Crippen LogP contribution in [0.15, 0.2) is 53.0 Å². The lowest BCUT2D eigenvalue weighted by Gasteiger charge is -2.20. The summed E-state index contributed by atoms with van der Waals surface area (Å²) < 4.78 is 3.44. The fourth-order valence-electron chi connectivity index (χ4n) is 3.87. The van der Waals surface area contributed by atoms with Crippen LogP contribution in [-0.4, -0.2) is 30.4 Å². The molecule has 2 nitrogen and oxygen atoms in total. The molecule has 0 aromatic heterocycles. The Morgan fingerprint density at radius 2 is 1.65 bits per heavy atom. The van der Waals surface area contributed by atoms with Gasteiger partial charge in [0.15, 0.2) is 5.71 Å². The lowest BCUT2D eigenvalue weighted by molar-refractivity contribution is -0.401. The Morgan fingerprint density at radius 3 is 2.27 bits per heavy atom. The average Bonchev–Trinajstić information content (AvgIpc) is 2.81. The van der Waals surface area contributed by atoms with Crippen molar-refractivity contribution in [3.05, 3.63) is 64.1 Å². The minimum atomic E-state index is -0.00841. The van der Waals surface area contributed by atoms with Crippen LogP contribution in [0, 0.1) is 0 Å². The van der Waals surface area contributed by atoms with Gasteiger partial charge in [0, 0.05) is 41.0 Å². The third-order valence-electron chi connectivity index (χ3n) is 5.45. The van der Waals surface area contributed by atoms with Gasteiger partial charge in [0.2, 0.25) is 5.69 Å². The Morgan fingerprint density at radius 1 is 1.00 bits per heavy atom. The molecular weight excluding hydrogens is 384 g/mol. The van der Waals surface area contributed by atoms with E-state index in [1.165, 1.54) is 28.2 Å². The molecule has 26 heavy (non-hydrogen) atoms. The number of hydrogen-bond donors (Lipinski definition) is 0. The zero-order valence-corrected chi connectivity index (χ0v) is 18.0. The molecule has 1 aliphatic heterocycles. The molecular formula is C23H28BrN2+. The highest BCUT2D eigenvalue weighted by Crippen LogP contribution is 2.40. The standard InChI is InChI=1S/C23H28BrN2/c1-6-26(7-2)19-12-8-17(9-13-19)10-15-22-23(3,4)20-16-18(24)11-14-21(20)25(22)5/h8-16H,6-7H2,1-5H3/q+1. The van der Waals surface area contributed by atoms with Crippen LogP contribution in [0.4, 0.5) is 11.4 Å². The van der Waals surface area contributed by atoms with Crippen molar-refractivity contribution in [1.29, 1.82) is 0 Å². The summed E-state index contributed by atoms with van der Waals surface area (Å²) >= 11 is 3.61. The molecule has 0 amide bonds. The summed E-state index contributed by atoms with van der Waals surface area (Å²) in [5.41, 5.74) is 6.48. The third kappa shape index (κ3) is 3.37. The molecule has 0 fully saturated rings. The van der Waals surface area contributed by atoms with E-state index in [-0.39, 0.29) is 5.41 Å². The van der Waals surface area contributed by atoms with Gasteiger partial charge in [-0.25, -0.2) is 0 Å². The van der Waals surface area contributed by atoms with E-state index in [0.29, 0.717) is 0 Å². The summed E-state index contributed by atoms with van der Waals surface area (Å²) in [4.78, 5) is 2.37. The summed E-state index contributed by atoms with van der Waals surface area (Å²) in [7, 11) is 2.16. The number of hydrogen-bond acceptors (Lipinski definition) is 1. The van der Waals surface area contributed by atoms with Crippen molar-refractivity contribution < 1.29 is 4.58 Å². The van der Waals surface area contributed by atoms with Crippen LogP contribution in [0.25, 0.3) is 6.08 Å². The molecule has 0 N–H and O–H groups in total. The molecule has 1 aliphatic rings. The number of halogens is 1. The maximum Gasteiger partial charge on any atom is 0.209 e. The minimum absolute atomic E-state index is 0.00841. The lowest BCUT2D eigenvalue weighted by atomic mass is 9.81. The molecule has 0 radical (unpaired) electrons. The van der Waals surface area contributed by atoms with Crippen LogP contribution in [0.2, 0.25) is 0 Å². The maximum absolute atomic E-state index is 3.61. The first-order valence-electron chi connectivity index (χ1n) is 9.32. The second kappa shape index (κ2) is 7.40. The molecule has 2 aromatic rings. The highest BCUT2D eigenvalue weighted by atomic mass is 79.9. The molecule has 136 valence electrons. The zero-order valence-electron chi connectivity index (χ0n) is 16.4. The summed E-state index contributed by atoms with van der Waals surface area (Å²) in [6.07, 6.45) is 4.49. The highest BCUT2D eigenvalue weighted by molar-refractivity contribution is 9.10. The van der Waals surface area contributed by atoms with Crippen molar-refractivity contribution in [2.45, 2.75) is 33.1 Å². The van der Waals surface area contributed by atoms with Gasteiger partial charge in [-0.15, -0.1) is 0 Å². The fraction of sp³-hybridized carbons (Fsp3) is 0.348. The number of anilines is 1. The van der Waals surface area contributed by atoms with Gasteiger partial charge in [0.25, 0.3) is 0 Å². The van der Waals surface area contributed by atoms with E-state index >= 15 is 0 Å². The Kier molecular flexibility index (Phi) is 5.38. The first kappa shape index (κ1) is 18.9. The molecule has 2 aromatic carbocycles. The molecule has 3 heteroatoms. The van der Waals surface area contributed by atoms with Crippen LogP contribution in [0.1, 0.15) is 38.8 Å². The predicted molar refractivity (Wildman–Crippen MR) is 117 cm³/mol. The molecule has 3 rings (SSSR count). The van der Waals surface area contributed by atoms with Gasteiger partial charge in [-0.2, -0.15) is 4.58 Å². The van der Waals surface area contributed by atoms with Gasteiger partial charge in [-0.3, -0.25) is 0 Å². The summed E-state index contributed by atoms with van der Waals surface area (Å²) in [6.45, 7) is 11.1. The van der Waals surface area contributed by atoms with E-state index in [4.69, 9.17) is 0 Å². The van der Waals surface area contributed by atoms with Gasteiger partial charge in [0.05, 0.1) is 5.41 Å². The smallest absolute Gasteiger partial charge is 0.209 e. The van der Waals surface area contributed by atoms with Gasteiger partial charge in [-0.1, -0.05) is 28.1 Å². The molecule has 1 heterocycles. The molecule has 0 atom stereocenters. The minimum Gasteiger partial charge on any atom is -0.372 e. The normalized spacial score (nSPS) is 15.6. The van der Waals surface area contributed by atoms with Crippen LogP contribution in [-0.2, 0) is 5.41 Å².